The van der Waals surface area contributed by atoms with Gasteiger partial charge in [-0.25, -0.2) is 13.1 Å². The third-order valence-electron chi connectivity index (χ3n) is 13.5. The molecule has 1 amide bonds. The van der Waals surface area contributed by atoms with Crippen LogP contribution in [0.1, 0.15) is 111 Å². The molecule has 1 heterocycles. The first-order valence-corrected chi connectivity index (χ1v) is 19.1. The Morgan fingerprint density at radius 1 is 0.955 bits per heavy atom. The van der Waals surface area contributed by atoms with E-state index in [2.05, 4.69) is 37.4 Å². The maximum atomic E-state index is 12.9. The molecule has 240 valence electrons. The van der Waals surface area contributed by atoms with Crippen LogP contribution >= 0.6 is 0 Å². The van der Waals surface area contributed by atoms with Crippen LogP contribution in [-0.2, 0) is 14.8 Å². The number of nitrogens with zero attached hydrogens (tertiary/aromatic N) is 1. The van der Waals surface area contributed by atoms with Crippen LogP contribution in [0.2, 0.25) is 0 Å². The van der Waals surface area contributed by atoms with Crippen LogP contribution in [0.5, 0.6) is 0 Å². The minimum absolute atomic E-state index is 0.0147. The first-order chi connectivity index (χ1) is 21.1. The predicted octanol–water partition coefficient (Wildman–Crippen LogP) is 9.05. The molecule has 4 aliphatic rings. The minimum atomic E-state index is -3.94. The highest BCUT2D eigenvalue weighted by Crippen LogP contribution is 2.69. The summed E-state index contributed by atoms with van der Waals surface area (Å²) in [5.74, 6) is 5.33. The summed E-state index contributed by atoms with van der Waals surface area (Å²) in [7, 11) is -3.94. The van der Waals surface area contributed by atoms with E-state index >= 15 is 0 Å². The van der Waals surface area contributed by atoms with Gasteiger partial charge in [-0.3, -0.25) is 9.78 Å². The Kier molecular flexibility index (Phi) is 9.04. The van der Waals surface area contributed by atoms with E-state index in [0.717, 1.165) is 41.6 Å². The second kappa shape index (κ2) is 12.5. The average Bonchev–Trinajstić information content (AvgIpc) is 3.38. The zero-order valence-corrected chi connectivity index (χ0v) is 28.2. The van der Waals surface area contributed by atoms with Gasteiger partial charge in [-0.1, -0.05) is 77.3 Å². The second-order valence-electron chi connectivity index (χ2n) is 15.5. The highest BCUT2D eigenvalue weighted by Gasteiger charge is 2.61. The van der Waals surface area contributed by atoms with Crippen molar-refractivity contribution in [2.24, 2.45) is 52.3 Å². The molecule has 0 aliphatic heterocycles. The summed E-state index contributed by atoms with van der Waals surface area (Å²) in [6, 6.07) is 12.8. The number of benzene rings is 1. The van der Waals surface area contributed by atoms with Crippen LogP contribution in [0.4, 0.5) is 0 Å². The normalized spacial score (nSPS) is 35.6. The molecule has 4 aliphatic carbocycles. The summed E-state index contributed by atoms with van der Waals surface area (Å²) >= 11 is 0. The topological polar surface area (TPSA) is 76.1 Å². The average molecular weight is 619 g/mol. The smallest absolute Gasteiger partial charge is 0.265 e. The van der Waals surface area contributed by atoms with E-state index in [4.69, 9.17) is 0 Å². The highest BCUT2D eigenvalue weighted by atomic mass is 32.2. The molecule has 0 spiro atoms. The zero-order valence-electron chi connectivity index (χ0n) is 27.4. The van der Waals surface area contributed by atoms with Crippen molar-refractivity contribution >= 4 is 15.9 Å². The molecule has 0 radical (unpaired) electrons. The standard InChI is InChI=1S/C38H54N2O3S/c1-5-27-24-30-33-19-18-31(38(33,4)23-21-34(30)37(3)22-10-9-15-32(27)37)26(2)12-11-16-36(41)40-44(42,43)29-17-20-35(39-25-29)28-13-7-6-8-14-28/h6-8,13-14,17,20,25-27,30-34H,5,9-12,15-16,18-19,21-24H2,1-4H3,(H,40,41)/t26-,27+,30?,31-,32+,33?,34?,37+,38-/m1/s1. The largest absolute Gasteiger partial charge is 0.274 e. The first-order valence-electron chi connectivity index (χ1n) is 17.6. The Morgan fingerprint density at radius 3 is 2.45 bits per heavy atom. The van der Waals surface area contributed by atoms with Crippen molar-refractivity contribution in [2.75, 3.05) is 0 Å². The molecular formula is C38H54N2O3S. The van der Waals surface area contributed by atoms with Crippen molar-refractivity contribution in [3.8, 4) is 11.3 Å². The van der Waals surface area contributed by atoms with Gasteiger partial charge in [0.2, 0.25) is 5.91 Å². The third-order valence-corrected chi connectivity index (χ3v) is 14.8. The molecular weight excluding hydrogens is 564 g/mol. The van der Waals surface area contributed by atoms with Gasteiger partial charge in [-0.05, 0) is 122 Å². The first kappa shape index (κ1) is 31.8. The van der Waals surface area contributed by atoms with E-state index < -0.39 is 15.9 Å². The number of sulfonamides is 1. The van der Waals surface area contributed by atoms with Crippen molar-refractivity contribution in [3.05, 3.63) is 48.7 Å². The third kappa shape index (κ3) is 5.78. The Balaban J connectivity index is 1.03. The fraction of sp³-hybridized carbons (Fsp3) is 0.684. The number of fused-ring (bicyclic) bond motifs is 5. The number of amides is 1. The van der Waals surface area contributed by atoms with Crippen LogP contribution < -0.4 is 4.72 Å². The minimum Gasteiger partial charge on any atom is -0.274 e. The van der Waals surface area contributed by atoms with Gasteiger partial charge in [0.1, 0.15) is 4.90 Å². The lowest BCUT2D eigenvalue weighted by Crippen LogP contribution is -2.55. The fourth-order valence-corrected chi connectivity index (χ4v) is 12.3. The van der Waals surface area contributed by atoms with Crippen LogP contribution in [0.25, 0.3) is 11.3 Å². The molecule has 44 heavy (non-hydrogen) atoms. The number of pyridine rings is 1. The Morgan fingerprint density at radius 2 is 1.73 bits per heavy atom. The molecule has 6 heteroatoms. The van der Waals surface area contributed by atoms with Gasteiger partial charge in [-0.2, -0.15) is 0 Å². The fourth-order valence-electron chi connectivity index (χ4n) is 11.4. The van der Waals surface area contributed by atoms with E-state index in [1.54, 1.807) is 6.07 Å². The number of carbonyl (C=O) groups excluding carboxylic acids is 1. The summed E-state index contributed by atoms with van der Waals surface area (Å²) in [5, 5.41) is 0. The van der Waals surface area contributed by atoms with Crippen LogP contribution in [0.15, 0.2) is 53.6 Å². The summed E-state index contributed by atoms with van der Waals surface area (Å²) in [6.45, 7) is 10.2. The Bertz CT molecular complexity index is 1410. The molecule has 4 saturated carbocycles. The molecule has 1 aromatic carbocycles. The van der Waals surface area contributed by atoms with E-state index in [1.807, 2.05) is 30.3 Å². The number of rotatable bonds is 9. The van der Waals surface area contributed by atoms with Gasteiger partial charge < -0.3 is 0 Å². The van der Waals surface area contributed by atoms with Crippen molar-refractivity contribution < 1.29 is 13.2 Å². The molecule has 5 nitrogen and oxygen atoms in total. The Hall–Kier alpha value is -2.21. The summed E-state index contributed by atoms with van der Waals surface area (Å²) in [6.07, 6.45) is 17.3. The maximum Gasteiger partial charge on any atom is 0.265 e. The molecule has 1 aromatic heterocycles. The number of nitrogens with one attached hydrogen (secondary N) is 1. The van der Waals surface area contributed by atoms with E-state index in [-0.39, 0.29) is 11.3 Å². The van der Waals surface area contributed by atoms with Crippen molar-refractivity contribution in [1.82, 2.24) is 9.71 Å². The van der Waals surface area contributed by atoms with Gasteiger partial charge in [0.15, 0.2) is 0 Å². The zero-order chi connectivity index (χ0) is 31.1. The second-order valence-corrected chi connectivity index (χ2v) is 17.2. The van der Waals surface area contributed by atoms with Gasteiger partial charge in [0, 0.05) is 18.2 Å². The number of aromatic nitrogens is 1. The van der Waals surface area contributed by atoms with E-state index in [1.165, 1.54) is 76.5 Å². The molecule has 2 aromatic rings. The van der Waals surface area contributed by atoms with Crippen molar-refractivity contribution in [2.45, 2.75) is 116 Å². The predicted molar refractivity (Wildman–Crippen MR) is 177 cm³/mol. The molecule has 4 fully saturated rings. The number of hydrogen-bond donors (Lipinski definition) is 1. The van der Waals surface area contributed by atoms with Crippen LogP contribution in [0, 0.1) is 52.3 Å². The van der Waals surface area contributed by atoms with Crippen molar-refractivity contribution in [1.29, 1.82) is 0 Å². The summed E-state index contributed by atoms with van der Waals surface area (Å²) < 4.78 is 28.1. The number of carbonyl (C=O) groups is 1. The molecule has 0 bridgehead atoms. The van der Waals surface area contributed by atoms with E-state index in [0.29, 0.717) is 34.8 Å². The highest BCUT2D eigenvalue weighted by molar-refractivity contribution is 7.90. The van der Waals surface area contributed by atoms with Gasteiger partial charge in [0.05, 0.1) is 5.69 Å². The van der Waals surface area contributed by atoms with Gasteiger partial charge in [0.25, 0.3) is 10.0 Å². The molecule has 3 unspecified atom stereocenters. The lowest BCUT2D eigenvalue weighted by atomic mass is 9.42. The number of hydrogen-bond acceptors (Lipinski definition) is 4. The molecule has 0 saturated heterocycles. The SMILES string of the molecule is CC[C@H]1CC2C3CC[C@H]([C@H](C)CCCC(=O)NS(=O)(=O)c4ccc(-c5ccccc5)nc4)[C@@]3(C)CCC2[C@@]2(C)CCCC[C@@H]12. The van der Waals surface area contributed by atoms with E-state index in [9.17, 15) is 13.2 Å². The van der Waals surface area contributed by atoms with Crippen LogP contribution in [-0.4, -0.2) is 19.3 Å². The summed E-state index contributed by atoms with van der Waals surface area (Å²) in [5.41, 5.74) is 2.57. The summed E-state index contributed by atoms with van der Waals surface area (Å²) in [4.78, 5) is 17.1. The molecule has 9 atom stereocenters. The Labute approximate surface area is 266 Å². The van der Waals surface area contributed by atoms with Crippen molar-refractivity contribution in [3.63, 3.8) is 0 Å². The lowest BCUT2D eigenvalue weighted by molar-refractivity contribution is -0.138. The quantitative estimate of drug-likeness (QED) is 0.304. The van der Waals surface area contributed by atoms with Gasteiger partial charge in [-0.15, -0.1) is 0 Å². The van der Waals surface area contributed by atoms with Gasteiger partial charge >= 0.3 is 0 Å². The maximum absolute atomic E-state index is 12.9. The monoisotopic (exact) mass is 618 g/mol. The lowest BCUT2D eigenvalue weighted by Gasteiger charge is -2.63. The molecule has 6 rings (SSSR count). The van der Waals surface area contributed by atoms with Crippen LogP contribution in [0.3, 0.4) is 0 Å². The molecule has 1 N–H and O–H groups in total.